The molecule has 15 heavy (non-hydrogen) atoms. The molecule has 0 fully saturated rings. The van der Waals surface area contributed by atoms with Crippen LogP contribution in [0.25, 0.3) is 5.57 Å². The van der Waals surface area contributed by atoms with Gasteiger partial charge in [0.2, 0.25) is 0 Å². The van der Waals surface area contributed by atoms with Crippen molar-refractivity contribution in [3.8, 4) is 5.75 Å². The molecule has 0 saturated heterocycles. The summed E-state index contributed by atoms with van der Waals surface area (Å²) < 4.78 is 5.38. The van der Waals surface area contributed by atoms with Crippen molar-refractivity contribution in [2.75, 3.05) is 7.11 Å². The fourth-order valence-electron chi connectivity index (χ4n) is 1.56. The highest BCUT2D eigenvalue weighted by atomic mass is 16.5. The summed E-state index contributed by atoms with van der Waals surface area (Å²) in [6.07, 6.45) is 0. The first-order valence-electron chi connectivity index (χ1n) is 5.20. The molecular formula is C14H20O. The minimum atomic E-state index is 0.0941. The third-order valence-electron chi connectivity index (χ3n) is 2.50. The molecule has 0 heterocycles. The molecule has 1 nitrogen and oxygen atoms in total. The number of rotatable bonds is 2. The molecule has 82 valence electrons. The van der Waals surface area contributed by atoms with Gasteiger partial charge < -0.3 is 4.74 Å². The van der Waals surface area contributed by atoms with Crippen LogP contribution in [0.5, 0.6) is 5.75 Å². The summed E-state index contributed by atoms with van der Waals surface area (Å²) in [6, 6.07) is 6.24. The topological polar surface area (TPSA) is 9.23 Å². The molecule has 0 aliphatic carbocycles. The molecule has 0 bridgehead atoms. The Balaban J connectivity index is 3.32. The molecule has 0 saturated carbocycles. The number of allylic oxidation sites excluding steroid dienone is 1. The van der Waals surface area contributed by atoms with E-state index in [2.05, 4.69) is 39.5 Å². The zero-order valence-electron chi connectivity index (χ0n) is 10.3. The van der Waals surface area contributed by atoms with Gasteiger partial charge in [0.15, 0.2) is 0 Å². The predicted molar refractivity (Wildman–Crippen MR) is 66.4 cm³/mol. The van der Waals surface area contributed by atoms with Gasteiger partial charge in [0.1, 0.15) is 5.75 Å². The van der Waals surface area contributed by atoms with Gasteiger partial charge in [-0.3, -0.25) is 0 Å². The second kappa shape index (κ2) is 4.09. The highest BCUT2D eigenvalue weighted by Gasteiger charge is 2.19. The minimum Gasteiger partial charge on any atom is -0.496 e. The third-order valence-corrected chi connectivity index (χ3v) is 2.50. The molecule has 0 amide bonds. The van der Waals surface area contributed by atoms with Gasteiger partial charge in [-0.05, 0) is 30.0 Å². The lowest BCUT2D eigenvalue weighted by molar-refractivity contribution is 0.397. The number of hydrogen-bond donors (Lipinski definition) is 0. The van der Waals surface area contributed by atoms with Crippen molar-refractivity contribution in [3.63, 3.8) is 0 Å². The Morgan fingerprint density at radius 2 is 1.87 bits per heavy atom. The summed E-state index contributed by atoms with van der Waals surface area (Å²) >= 11 is 0. The predicted octanol–water partition coefficient (Wildman–Crippen LogP) is 4.03. The van der Waals surface area contributed by atoms with E-state index in [0.29, 0.717) is 0 Å². The summed E-state index contributed by atoms with van der Waals surface area (Å²) in [7, 11) is 1.71. The average Bonchev–Trinajstić information content (AvgIpc) is 2.15. The Labute approximate surface area is 92.8 Å². The van der Waals surface area contributed by atoms with Crippen molar-refractivity contribution in [2.24, 2.45) is 0 Å². The van der Waals surface area contributed by atoms with Gasteiger partial charge >= 0.3 is 0 Å². The maximum absolute atomic E-state index is 5.38. The quantitative estimate of drug-likeness (QED) is 0.706. The van der Waals surface area contributed by atoms with Crippen LogP contribution in [0, 0.1) is 0 Å². The lowest BCUT2D eigenvalue weighted by Crippen LogP contribution is -2.13. The normalized spacial score (nSPS) is 11.3. The Hall–Kier alpha value is -1.24. The number of benzene rings is 1. The maximum atomic E-state index is 5.38. The van der Waals surface area contributed by atoms with Crippen LogP contribution in [-0.2, 0) is 5.41 Å². The number of ether oxygens (including phenoxy) is 1. The first-order valence-corrected chi connectivity index (χ1v) is 5.20. The van der Waals surface area contributed by atoms with Crippen molar-refractivity contribution in [1.29, 1.82) is 0 Å². The van der Waals surface area contributed by atoms with Gasteiger partial charge in [0.25, 0.3) is 0 Å². The van der Waals surface area contributed by atoms with Crippen LogP contribution in [-0.4, -0.2) is 7.11 Å². The summed E-state index contributed by atoms with van der Waals surface area (Å²) in [5.41, 5.74) is 3.59. The summed E-state index contributed by atoms with van der Waals surface area (Å²) in [5, 5.41) is 0. The van der Waals surface area contributed by atoms with E-state index in [4.69, 9.17) is 4.74 Å². The van der Waals surface area contributed by atoms with Crippen LogP contribution in [0.1, 0.15) is 38.8 Å². The standard InChI is InChI=1S/C14H20O/c1-10(2)11-7-8-13(15-6)12(9-11)14(3,4)5/h7-9H,1H2,2-6H3. The van der Waals surface area contributed by atoms with Gasteiger partial charge in [0, 0.05) is 5.56 Å². The monoisotopic (exact) mass is 204 g/mol. The molecule has 0 aromatic heterocycles. The molecule has 0 N–H and O–H groups in total. The molecule has 1 heteroatoms. The first-order chi connectivity index (χ1) is 6.86. The summed E-state index contributed by atoms with van der Waals surface area (Å²) in [4.78, 5) is 0. The Kier molecular flexibility index (Phi) is 3.23. The van der Waals surface area contributed by atoms with Crippen LogP contribution in [0.3, 0.4) is 0 Å². The van der Waals surface area contributed by atoms with Gasteiger partial charge in [-0.15, -0.1) is 0 Å². The fraction of sp³-hybridized carbons (Fsp3) is 0.429. The van der Waals surface area contributed by atoms with Gasteiger partial charge in [-0.25, -0.2) is 0 Å². The summed E-state index contributed by atoms with van der Waals surface area (Å²) in [5.74, 6) is 0.951. The van der Waals surface area contributed by atoms with Crippen LogP contribution in [0.4, 0.5) is 0 Å². The van der Waals surface area contributed by atoms with Gasteiger partial charge in [-0.2, -0.15) is 0 Å². The van der Waals surface area contributed by atoms with Crippen molar-refractivity contribution >= 4 is 5.57 Å². The lowest BCUT2D eigenvalue weighted by atomic mass is 9.85. The molecule has 1 aromatic rings. The first kappa shape index (κ1) is 11.8. The molecule has 0 aliphatic rings. The molecule has 0 atom stereocenters. The van der Waals surface area contributed by atoms with Crippen LogP contribution in [0.15, 0.2) is 24.8 Å². The fourth-order valence-corrected chi connectivity index (χ4v) is 1.56. The molecule has 0 radical (unpaired) electrons. The largest absolute Gasteiger partial charge is 0.496 e. The van der Waals surface area contributed by atoms with Gasteiger partial charge in [0.05, 0.1) is 7.11 Å². The molecule has 1 aromatic carbocycles. The Morgan fingerprint density at radius 3 is 2.27 bits per heavy atom. The second-order valence-corrected chi connectivity index (χ2v) is 4.95. The minimum absolute atomic E-state index is 0.0941. The van der Waals surface area contributed by atoms with E-state index in [1.54, 1.807) is 7.11 Å². The van der Waals surface area contributed by atoms with Crippen LogP contribution < -0.4 is 4.74 Å². The van der Waals surface area contributed by atoms with Crippen molar-refractivity contribution < 1.29 is 4.74 Å². The number of hydrogen-bond acceptors (Lipinski definition) is 1. The Bertz CT molecular complexity index is 369. The van der Waals surface area contributed by atoms with E-state index < -0.39 is 0 Å². The maximum Gasteiger partial charge on any atom is 0.122 e. The van der Waals surface area contributed by atoms with E-state index in [1.807, 2.05) is 13.0 Å². The molecular weight excluding hydrogens is 184 g/mol. The smallest absolute Gasteiger partial charge is 0.122 e. The van der Waals surface area contributed by atoms with E-state index in [-0.39, 0.29) is 5.41 Å². The molecule has 0 unspecified atom stereocenters. The van der Waals surface area contributed by atoms with E-state index in [0.717, 1.165) is 11.3 Å². The molecule has 0 aliphatic heterocycles. The van der Waals surface area contributed by atoms with Crippen LogP contribution in [0.2, 0.25) is 0 Å². The van der Waals surface area contributed by atoms with E-state index >= 15 is 0 Å². The molecule has 0 spiro atoms. The SMILES string of the molecule is C=C(C)c1ccc(OC)c(C(C)(C)C)c1. The lowest BCUT2D eigenvalue weighted by Gasteiger charge is -2.23. The highest BCUT2D eigenvalue weighted by molar-refractivity contribution is 5.63. The molecule has 1 rings (SSSR count). The Morgan fingerprint density at radius 1 is 1.27 bits per heavy atom. The van der Waals surface area contributed by atoms with Crippen molar-refractivity contribution in [1.82, 2.24) is 0 Å². The number of methoxy groups -OCH3 is 1. The van der Waals surface area contributed by atoms with E-state index in [9.17, 15) is 0 Å². The van der Waals surface area contributed by atoms with Gasteiger partial charge in [-0.1, -0.05) is 39.0 Å². The van der Waals surface area contributed by atoms with Crippen LogP contribution >= 0.6 is 0 Å². The zero-order chi connectivity index (χ0) is 11.6. The second-order valence-electron chi connectivity index (χ2n) is 4.95. The van der Waals surface area contributed by atoms with Crippen molar-refractivity contribution in [2.45, 2.75) is 33.1 Å². The average molecular weight is 204 g/mol. The zero-order valence-corrected chi connectivity index (χ0v) is 10.3. The third kappa shape index (κ3) is 2.62. The summed E-state index contributed by atoms with van der Waals surface area (Å²) in [6.45, 7) is 12.5. The van der Waals surface area contributed by atoms with E-state index in [1.165, 1.54) is 11.1 Å². The highest BCUT2D eigenvalue weighted by Crippen LogP contribution is 2.33. The van der Waals surface area contributed by atoms with Crippen molar-refractivity contribution in [3.05, 3.63) is 35.9 Å².